The molecule has 1 aromatic rings. The summed E-state index contributed by atoms with van der Waals surface area (Å²) >= 11 is 0. The molecule has 1 fully saturated rings. The van der Waals surface area contributed by atoms with Crippen molar-refractivity contribution < 1.29 is 4.52 Å². The third-order valence-corrected chi connectivity index (χ3v) is 4.80. The maximum Gasteiger partial charge on any atom is 0.231 e. The van der Waals surface area contributed by atoms with Crippen molar-refractivity contribution in [3.8, 4) is 0 Å². The zero-order valence-electron chi connectivity index (χ0n) is 13.4. The van der Waals surface area contributed by atoms with E-state index in [0.717, 1.165) is 30.6 Å². The summed E-state index contributed by atoms with van der Waals surface area (Å²) in [6, 6.07) is 0.371. The van der Waals surface area contributed by atoms with E-state index in [2.05, 4.69) is 43.2 Å². The van der Waals surface area contributed by atoms with Crippen molar-refractivity contribution in [1.82, 2.24) is 15.5 Å². The molecule has 1 N–H and O–H groups in total. The Bertz CT molecular complexity index is 404. The predicted molar refractivity (Wildman–Crippen MR) is 80.8 cm³/mol. The Kier molecular flexibility index (Phi) is 5.58. The van der Waals surface area contributed by atoms with Gasteiger partial charge in [0, 0.05) is 12.0 Å². The molecule has 114 valence electrons. The summed E-state index contributed by atoms with van der Waals surface area (Å²) in [6.07, 6.45) is 6.18. The van der Waals surface area contributed by atoms with Crippen LogP contribution in [0.15, 0.2) is 4.52 Å². The number of hydrogen-bond acceptors (Lipinski definition) is 4. The SMILES string of the molecule is CCCNC(C)C(C)c1nc(C2CCC(CC)C2)no1. The van der Waals surface area contributed by atoms with E-state index in [0.29, 0.717) is 12.0 Å². The van der Waals surface area contributed by atoms with E-state index in [-0.39, 0.29) is 5.92 Å². The standard InChI is InChI=1S/C16H29N3O/c1-5-9-17-12(4)11(3)16-18-15(19-20-16)14-8-7-13(6-2)10-14/h11-14,17H,5-10H2,1-4H3. The monoisotopic (exact) mass is 279 g/mol. The lowest BCUT2D eigenvalue weighted by atomic mass is 10.0. The highest BCUT2D eigenvalue weighted by Gasteiger charge is 2.29. The largest absolute Gasteiger partial charge is 0.339 e. The summed E-state index contributed by atoms with van der Waals surface area (Å²) in [4.78, 5) is 4.67. The van der Waals surface area contributed by atoms with Gasteiger partial charge in [-0.15, -0.1) is 0 Å². The van der Waals surface area contributed by atoms with Gasteiger partial charge in [0.05, 0.1) is 5.92 Å². The molecule has 0 bridgehead atoms. The fourth-order valence-corrected chi connectivity index (χ4v) is 3.04. The van der Waals surface area contributed by atoms with Crippen molar-refractivity contribution in [3.63, 3.8) is 0 Å². The summed E-state index contributed by atoms with van der Waals surface area (Å²) < 4.78 is 5.51. The van der Waals surface area contributed by atoms with E-state index in [9.17, 15) is 0 Å². The van der Waals surface area contributed by atoms with Crippen LogP contribution in [-0.2, 0) is 0 Å². The van der Waals surface area contributed by atoms with Gasteiger partial charge in [0.1, 0.15) is 0 Å². The molecule has 20 heavy (non-hydrogen) atoms. The average molecular weight is 279 g/mol. The molecule has 0 amide bonds. The predicted octanol–water partition coefficient (Wildman–Crippen LogP) is 3.85. The lowest BCUT2D eigenvalue weighted by molar-refractivity contribution is 0.326. The lowest BCUT2D eigenvalue weighted by Gasteiger charge is -2.17. The zero-order chi connectivity index (χ0) is 14.5. The van der Waals surface area contributed by atoms with E-state index in [1.54, 1.807) is 0 Å². The van der Waals surface area contributed by atoms with Gasteiger partial charge in [0.2, 0.25) is 5.89 Å². The van der Waals surface area contributed by atoms with Crippen molar-refractivity contribution in [2.45, 2.75) is 77.7 Å². The molecule has 1 aliphatic rings. The fraction of sp³-hybridized carbons (Fsp3) is 0.875. The minimum Gasteiger partial charge on any atom is -0.339 e. The Morgan fingerprint density at radius 2 is 2.10 bits per heavy atom. The summed E-state index contributed by atoms with van der Waals surface area (Å²) in [5.74, 6) is 3.36. The van der Waals surface area contributed by atoms with Crippen LogP contribution >= 0.6 is 0 Å². The second kappa shape index (κ2) is 7.21. The van der Waals surface area contributed by atoms with Crippen molar-refractivity contribution in [1.29, 1.82) is 0 Å². The lowest BCUT2D eigenvalue weighted by Crippen LogP contribution is -2.31. The van der Waals surface area contributed by atoms with Gasteiger partial charge in [-0.3, -0.25) is 0 Å². The Balaban J connectivity index is 1.94. The molecule has 0 aliphatic heterocycles. The molecular weight excluding hydrogens is 250 g/mol. The molecule has 0 spiro atoms. The van der Waals surface area contributed by atoms with E-state index in [1.165, 1.54) is 25.7 Å². The second-order valence-corrected chi connectivity index (χ2v) is 6.31. The minimum absolute atomic E-state index is 0.270. The van der Waals surface area contributed by atoms with E-state index in [1.807, 2.05) is 0 Å². The van der Waals surface area contributed by atoms with Crippen molar-refractivity contribution in [2.75, 3.05) is 6.54 Å². The molecule has 1 aliphatic carbocycles. The van der Waals surface area contributed by atoms with Gasteiger partial charge in [0.25, 0.3) is 0 Å². The maximum atomic E-state index is 5.51. The first-order valence-electron chi connectivity index (χ1n) is 8.22. The molecule has 2 rings (SSSR count). The Morgan fingerprint density at radius 1 is 1.30 bits per heavy atom. The molecule has 4 heteroatoms. The van der Waals surface area contributed by atoms with Crippen LogP contribution in [0.4, 0.5) is 0 Å². The first-order chi connectivity index (χ1) is 9.65. The molecule has 0 radical (unpaired) electrons. The highest BCUT2D eigenvalue weighted by Crippen LogP contribution is 2.38. The first-order valence-corrected chi connectivity index (χ1v) is 8.22. The van der Waals surface area contributed by atoms with Crippen LogP contribution in [-0.4, -0.2) is 22.7 Å². The molecule has 1 saturated carbocycles. The summed E-state index contributed by atoms with van der Waals surface area (Å²) in [5.41, 5.74) is 0. The Labute approximate surface area is 122 Å². The number of aromatic nitrogens is 2. The number of hydrogen-bond donors (Lipinski definition) is 1. The minimum atomic E-state index is 0.270. The molecule has 4 nitrogen and oxygen atoms in total. The van der Waals surface area contributed by atoms with Gasteiger partial charge in [-0.25, -0.2) is 0 Å². The van der Waals surface area contributed by atoms with Crippen LogP contribution < -0.4 is 5.32 Å². The van der Waals surface area contributed by atoms with Gasteiger partial charge in [0.15, 0.2) is 5.82 Å². The van der Waals surface area contributed by atoms with Crippen molar-refractivity contribution in [3.05, 3.63) is 11.7 Å². The number of nitrogens with one attached hydrogen (secondary N) is 1. The summed E-state index contributed by atoms with van der Waals surface area (Å²) in [7, 11) is 0. The highest BCUT2D eigenvalue weighted by atomic mass is 16.5. The van der Waals surface area contributed by atoms with Gasteiger partial charge >= 0.3 is 0 Å². The molecule has 0 saturated heterocycles. The molecule has 1 aromatic heterocycles. The van der Waals surface area contributed by atoms with Gasteiger partial charge in [-0.05, 0) is 45.1 Å². The Morgan fingerprint density at radius 3 is 2.75 bits per heavy atom. The average Bonchev–Trinajstić information content (AvgIpc) is 3.11. The second-order valence-electron chi connectivity index (χ2n) is 6.31. The smallest absolute Gasteiger partial charge is 0.231 e. The molecule has 4 unspecified atom stereocenters. The number of nitrogens with zero attached hydrogens (tertiary/aromatic N) is 2. The van der Waals surface area contributed by atoms with Crippen LogP contribution in [0.1, 0.15) is 83.3 Å². The number of rotatable bonds is 7. The third kappa shape index (κ3) is 3.60. The zero-order valence-corrected chi connectivity index (χ0v) is 13.4. The van der Waals surface area contributed by atoms with E-state index < -0.39 is 0 Å². The van der Waals surface area contributed by atoms with Crippen LogP contribution in [0.25, 0.3) is 0 Å². The molecule has 1 heterocycles. The van der Waals surface area contributed by atoms with Crippen LogP contribution in [0.3, 0.4) is 0 Å². The van der Waals surface area contributed by atoms with Crippen molar-refractivity contribution >= 4 is 0 Å². The van der Waals surface area contributed by atoms with Gasteiger partial charge in [-0.2, -0.15) is 4.98 Å². The maximum absolute atomic E-state index is 5.51. The normalized spacial score (nSPS) is 25.8. The van der Waals surface area contributed by atoms with Crippen molar-refractivity contribution in [2.24, 2.45) is 5.92 Å². The van der Waals surface area contributed by atoms with E-state index in [4.69, 9.17) is 4.52 Å². The summed E-state index contributed by atoms with van der Waals surface area (Å²) in [6.45, 7) is 9.84. The fourth-order valence-electron chi connectivity index (χ4n) is 3.04. The highest BCUT2D eigenvalue weighted by molar-refractivity contribution is 5.03. The quantitative estimate of drug-likeness (QED) is 0.823. The Hall–Kier alpha value is -0.900. The summed E-state index contributed by atoms with van der Waals surface area (Å²) in [5, 5.41) is 7.73. The van der Waals surface area contributed by atoms with E-state index >= 15 is 0 Å². The van der Waals surface area contributed by atoms with Crippen LogP contribution in [0.2, 0.25) is 0 Å². The van der Waals surface area contributed by atoms with Crippen LogP contribution in [0.5, 0.6) is 0 Å². The third-order valence-electron chi connectivity index (χ3n) is 4.80. The van der Waals surface area contributed by atoms with Crippen LogP contribution in [0, 0.1) is 5.92 Å². The van der Waals surface area contributed by atoms with Gasteiger partial charge < -0.3 is 9.84 Å². The molecular formula is C16H29N3O. The molecule has 4 atom stereocenters. The first kappa shape index (κ1) is 15.5. The molecule has 0 aromatic carbocycles. The van der Waals surface area contributed by atoms with Gasteiger partial charge in [-0.1, -0.05) is 32.3 Å². The topological polar surface area (TPSA) is 51.0 Å².